The average Bonchev–Trinajstić information content (AvgIpc) is 3.18. The van der Waals surface area contributed by atoms with Gasteiger partial charge < -0.3 is 19.7 Å². The van der Waals surface area contributed by atoms with Gasteiger partial charge in [-0.2, -0.15) is 0 Å². The number of aliphatic hydroxyl groups excluding tert-OH is 1. The van der Waals surface area contributed by atoms with Crippen LogP contribution >= 0.6 is 0 Å². The Morgan fingerprint density at radius 2 is 2.08 bits per heavy atom. The summed E-state index contributed by atoms with van der Waals surface area (Å²) in [5, 5.41) is 20.2. The molecule has 0 bridgehead atoms. The Morgan fingerprint density at radius 1 is 1.24 bits per heavy atom. The molecule has 1 aliphatic rings. The number of rotatable bonds is 7. The molecule has 2 aromatic rings. The predicted molar refractivity (Wildman–Crippen MR) is 94.9 cm³/mol. The lowest BCUT2D eigenvalue weighted by atomic mass is 9.96. The number of phenols is 1. The summed E-state index contributed by atoms with van der Waals surface area (Å²) in [5.74, 6) is -0.409. The van der Waals surface area contributed by atoms with Crippen LogP contribution in [0.5, 0.6) is 5.75 Å². The Labute approximate surface area is 147 Å². The summed E-state index contributed by atoms with van der Waals surface area (Å²) in [6, 6.07) is 6.55. The first-order valence-corrected chi connectivity index (χ1v) is 8.61. The number of benzene rings is 1. The monoisotopic (exact) mass is 341 g/mol. The third kappa shape index (κ3) is 3.52. The van der Waals surface area contributed by atoms with E-state index < -0.39 is 0 Å². The van der Waals surface area contributed by atoms with Crippen molar-refractivity contribution in [1.29, 1.82) is 0 Å². The van der Waals surface area contributed by atoms with Crippen LogP contribution in [0.3, 0.4) is 0 Å². The summed E-state index contributed by atoms with van der Waals surface area (Å²) in [5.41, 5.74) is 1.31. The van der Waals surface area contributed by atoms with Crippen molar-refractivity contribution in [2.45, 2.75) is 38.8 Å². The summed E-state index contributed by atoms with van der Waals surface area (Å²) in [6.45, 7) is 3.39. The zero-order valence-corrected chi connectivity index (χ0v) is 14.3. The fourth-order valence-electron chi connectivity index (χ4n) is 3.38. The minimum Gasteiger partial charge on any atom is -0.508 e. The molecule has 0 fully saturated rings. The molecule has 0 aliphatic carbocycles. The lowest BCUT2D eigenvalue weighted by Gasteiger charge is -2.26. The van der Waals surface area contributed by atoms with Gasteiger partial charge >= 0.3 is 0 Å². The molecule has 1 atom stereocenters. The van der Waals surface area contributed by atoms with Crippen LogP contribution in [0.15, 0.2) is 48.7 Å². The maximum absolute atomic E-state index is 12.6. The molecule has 0 saturated carbocycles. The zero-order valence-electron chi connectivity index (χ0n) is 14.3. The van der Waals surface area contributed by atoms with E-state index in [9.17, 15) is 15.0 Å². The van der Waals surface area contributed by atoms with Crippen LogP contribution in [-0.2, 0) is 11.3 Å². The standard InChI is InChI=1S/C19H23N3O3/c1-2-5-16-17(14-6-3-7-15(23)12-14)18(24)19(25)22(16)10-4-9-21-11-8-20-13-21/h3,6-8,11-13,16,23-24H,2,4-5,9-10H2,1H3. The van der Waals surface area contributed by atoms with Crippen molar-refractivity contribution >= 4 is 11.5 Å². The van der Waals surface area contributed by atoms with Crippen molar-refractivity contribution in [1.82, 2.24) is 14.5 Å². The van der Waals surface area contributed by atoms with Crippen LogP contribution < -0.4 is 0 Å². The maximum Gasteiger partial charge on any atom is 0.289 e. The van der Waals surface area contributed by atoms with E-state index in [2.05, 4.69) is 11.9 Å². The molecule has 25 heavy (non-hydrogen) atoms. The second kappa shape index (κ2) is 7.42. The summed E-state index contributed by atoms with van der Waals surface area (Å²) in [4.78, 5) is 18.3. The van der Waals surface area contributed by atoms with Crippen LogP contribution in [0.2, 0.25) is 0 Å². The molecule has 0 saturated heterocycles. The third-order valence-corrected chi connectivity index (χ3v) is 4.52. The summed E-state index contributed by atoms with van der Waals surface area (Å²) in [6.07, 6.45) is 7.82. The van der Waals surface area contributed by atoms with Crippen molar-refractivity contribution < 1.29 is 15.0 Å². The lowest BCUT2D eigenvalue weighted by molar-refractivity contribution is -0.129. The molecule has 132 valence electrons. The fraction of sp³-hybridized carbons (Fsp3) is 0.368. The van der Waals surface area contributed by atoms with Crippen LogP contribution in [0.25, 0.3) is 5.57 Å². The number of aromatic hydroxyl groups is 1. The number of imidazole rings is 1. The van der Waals surface area contributed by atoms with E-state index in [1.54, 1.807) is 35.6 Å². The number of carbonyl (C=O) groups is 1. The highest BCUT2D eigenvalue weighted by Crippen LogP contribution is 2.36. The minimum absolute atomic E-state index is 0.124. The van der Waals surface area contributed by atoms with Gasteiger partial charge in [0.05, 0.1) is 12.4 Å². The summed E-state index contributed by atoms with van der Waals surface area (Å²) >= 11 is 0. The smallest absolute Gasteiger partial charge is 0.289 e. The highest BCUT2D eigenvalue weighted by molar-refractivity contribution is 6.05. The number of aliphatic hydroxyl groups is 1. The minimum atomic E-state index is -0.331. The molecule has 2 heterocycles. The van der Waals surface area contributed by atoms with E-state index in [-0.39, 0.29) is 23.5 Å². The highest BCUT2D eigenvalue weighted by Gasteiger charge is 2.39. The van der Waals surface area contributed by atoms with E-state index in [0.29, 0.717) is 17.7 Å². The molecule has 6 nitrogen and oxygen atoms in total. The van der Waals surface area contributed by atoms with Crippen LogP contribution in [0.1, 0.15) is 31.7 Å². The quantitative estimate of drug-likeness (QED) is 0.811. The zero-order chi connectivity index (χ0) is 17.8. The molecule has 1 aromatic carbocycles. The number of amides is 1. The van der Waals surface area contributed by atoms with Gasteiger partial charge in [-0.05, 0) is 30.5 Å². The molecule has 1 amide bonds. The molecule has 1 aliphatic heterocycles. The molecule has 1 unspecified atom stereocenters. The molecular weight excluding hydrogens is 318 g/mol. The van der Waals surface area contributed by atoms with E-state index in [4.69, 9.17) is 0 Å². The molecule has 0 spiro atoms. The van der Waals surface area contributed by atoms with Gasteiger partial charge in [0.2, 0.25) is 0 Å². The average molecular weight is 341 g/mol. The van der Waals surface area contributed by atoms with Gasteiger partial charge in [-0.25, -0.2) is 4.98 Å². The Bertz CT molecular complexity index is 768. The fourth-order valence-corrected chi connectivity index (χ4v) is 3.38. The first kappa shape index (κ1) is 17.1. The van der Waals surface area contributed by atoms with E-state index in [1.807, 2.05) is 16.8 Å². The Morgan fingerprint density at radius 3 is 2.76 bits per heavy atom. The van der Waals surface area contributed by atoms with Gasteiger partial charge in [0.25, 0.3) is 5.91 Å². The second-order valence-electron chi connectivity index (χ2n) is 6.27. The number of aryl methyl sites for hydroxylation is 1. The van der Waals surface area contributed by atoms with E-state index in [1.165, 1.54) is 0 Å². The first-order chi connectivity index (χ1) is 12.1. The van der Waals surface area contributed by atoms with Gasteiger partial charge in [0.15, 0.2) is 5.76 Å². The van der Waals surface area contributed by atoms with Crippen LogP contribution in [0.4, 0.5) is 0 Å². The predicted octanol–water partition coefficient (Wildman–Crippen LogP) is 2.96. The lowest BCUT2D eigenvalue weighted by Crippen LogP contribution is -2.36. The maximum atomic E-state index is 12.6. The van der Waals surface area contributed by atoms with Gasteiger partial charge in [0.1, 0.15) is 5.75 Å². The number of aromatic nitrogens is 2. The van der Waals surface area contributed by atoms with Crippen molar-refractivity contribution in [3.05, 3.63) is 54.3 Å². The van der Waals surface area contributed by atoms with E-state index >= 15 is 0 Å². The topological polar surface area (TPSA) is 78.6 Å². The normalized spacial score (nSPS) is 17.6. The number of nitrogens with zero attached hydrogens (tertiary/aromatic N) is 3. The Kier molecular flexibility index (Phi) is 5.07. The Balaban J connectivity index is 1.79. The molecule has 6 heteroatoms. The Hall–Kier alpha value is -2.76. The largest absolute Gasteiger partial charge is 0.508 e. The van der Waals surface area contributed by atoms with Crippen LogP contribution in [0, 0.1) is 0 Å². The molecule has 3 rings (SSSR count). The van der Waals surface area contributed by atoms with Crippen LogP contribution in [-0.4, -0.2) is 43.2 Å². The summed E-state index contributed by atoms with van der Waals surface area (Å²) < 4.78 is 1.97. The number of hydrogen-bond acceptors (Lipinski definition) is 4. The van der Waals surface area contributed by atoms with Crippen molar-refractivity contribution in [2.24, 2.45) is 0 Å². The summed E-state index contributed by atoms with van der Waals surface area (Å²) in [7, 11) is 0. The van der Waals surface area contributed by atoms with Gasteiger partial charge in [-0.3, -0.25) is 4.79 Å². The van der Waals surface area contributed by atoms with Gasteiger partial charge in [-0.15, -0.1) is 0 Å². The van der Waals surface area contributed by atoms with Gasteiger partial charge in [-0.1, -0.05) is 25.5 Å². The van der Waals surface area contributed by atoms with Crippen molar-refractivity contribution in [3.63, 3.8) is 0 Å². The molecule has 1 aromatic heterocycles. The number of hydrogen-bond donors (Lipinski definition) is 2. The number of carbonyl (C=O) groups excluding carboxylic acids is 1. The molecule has 0 radical (unpaired) electrons. The van der Waals surface area contributed by atoms with Crippen molar-refractivity contribution in [3.8, 4) is 5.75 Å². The molecule has 2 N–H and O–H groups in total. The van der Waals surface area contributed by atoms with Gasteiger partial charge in [0, 0.05) is 31.1 Å². The van der Waals surface area contributed by atoms with E-state index in [0.717, 1.165) is 25.8 Å². The SMILES string of the molecule is CCCC1C(c2cccc(O)c2)=C(O)C(=O)N1CCCn1ccnc1. The molecular formula is C19H23N3O3. The highest BCUT2D eigenvalue weighted by atomic mass is 16.3. The first-order valence-electron chi connectivity index (χ1n) is 8.61. The second-order valence-corrected chi connectivity index (χ2v) is 6.27. The third-order valence-electron chi connectivity index (χ3n) is 4.52. The number of phenolic OH excluding ortho intramolecular Hbond substituents is 1. The van der Waals surface area contributed by atoms with Crippen molar-refractivity contribution in [2.75, 3.05) is 6.54 Å².